The zero-order valence-electron chi connectivity index (χ0n) is 23.8. The standard InChI is InChI=1S/C27H45N7O7/c1-3-4-5-6-7-8-9-10-11-12-18(37)32-16(2)26(40)33-19-21(38)22(39)27(41-23(19)17(36)13-35)34-25-20-24(29-14-28-20)30-15-31-25/h14-17,19,21-23,27,35-36,38-39H,3-13H2,1-2H3,(H,32,37)(H,33,40)(H2,28,29,30,31,34)/t16-,17-,19+,21+,22+,23-,27-/m0/s1. The number of unbranched alkanes of at least 4 members (excludes halogenated alkanes) is 8. The maximum atomic E-state index is 12.9. The van der Waals surface area contributed by atoms with Crippen LogP contribution in [0.5, 0.6) is 0 Å². The number of aliphatic hydroxyl groups is 4. The number of ether oxygens (including phenoxy) is 1. The first-order valence-electron chi connectivity index (χ1n) is 14.6. The number of aromatic nitrogens is 4. The van der Waals surface area contributed by atoms with Crippen molar-refractivity contribution in [3.05, 3.63) is 12.7 Å². The van der Waals surface area contributed by atoms with Crippen molar-refractivity contribution in [2.75, 3.05) is 11.9 Å². The van der Waals surface area contributed by atoms with E-state index < -0.39 is 55.2 Å². The second-order valence-electron chi connectivity index (χ2n) is 10.6. The van der Waals surface area contributed by atoms with Crippen molar-refractivity contribution in [2.45, 2.75) is 121 Å². The molecule has 1 aliphatic rings. The Hall–Kier alpha value is -2.91. The van der Waals surface area contributed by atoms with E-state index in [1.54, 1.807) is 0 Å². The molecule has 1 fully saturated rings. The van der Waals surface area contributed by atoms with E-state index in [-0.39, 0.29) is 11.7 Å². The van der Waals surface area contributed by atoms with Crippen molar-refractivity contribution in [1.29, 1.82) is 0 Å². The molecule has 0 unspecified atom stereocenters. The number of carbonyl (C=O) groups excluding carboxylic acids is 2. The van der Waals surface area contributed by atoms with Crippen LogP contribution in [0.25, 0.3) is 11.2 Å². The normalized spacial score (nSPS) is 24.1. The van der Waals surface area contributed by atoms with E-state index in [1.165, 1.54) is 51.7 Å². The topological polar surface area (TPSA) is 215 Å². The average molecular weight is 580 g/mol. The molecule has 8 N–H and O–H groups in total. The summed E-state index contributed by atoms with van der Waals surface area (Å²) in [6, 6.07) is -2.23. The fourth-order valence-electron chi connectivity index (χ4n) is 4.92. The summed E-state index contributed by atoms with van der Waals surface area (Å²) in [5.74, 6) is -0.671. The Kier molecular flexibility index (Phi) is 13.1. The Labute approximate surface area is 239 Å². The van der Waals surface area contributed by atoms with Gasteiger partial charge in [0.05, 0.1) is 19.0 Å². The molecule has 0 aliphatic carbocycles. The molecule has 1 aliphatic heterocycles. The third kappa shape index (κ3) is 9.30. The van der Waals surface area contributed by atoms with Gasteiger partial charge in [0.25, 0.3) is 0 Å². The highest BCUT2D eigenvalue weighted by Gasteiger charge is 2.48. The van der Waals surface area contributed by atoms with Gasteiger partial charge in [0.2, 0.25) is 11.8 Å². The molecular formula is C27H45N7O7. The number of hydrogen-bond donors (Lipinski definition) is 8. The molecule has 0 saturated carbocycles. The fourth-order valence-corrected chi connectivity index (χ4v) is 4.92. The number of nitrogens with zero attached hydrogens (tertiary/aromatic N) is 3. The van der Waals surface area contributed by atoms with Crippen LogP contribution in [-0.4, -0.2) is 102 Å². The number of aliphatic hydroxyl groups excluding tert-OH is 4. The summed E-state index contributed by atoms with van der Waals surface area (Å²) in [6.45, 7) is 2.97. The van der Waals surface area contributed by atoms with Crippen LogP contribution < -0.4 is 16.0 Å². The molecule has 7 atom stereocenters. The number of aromatic amines is 1. The number of carbonyl (C=O) groups is 2. The molecule has 1 saturated heterocycles. The molecule has 14 nitrogen and oxygen atoms in total. The van der Waals surface area contributed by atoms with Crippen molar-refractivity contribution in [2.24, 2.45) is 0 Å². The van der Waals surface area contributed by atoms with E-state index in [0.717, 1.165) is 25.7 Å². The summed E-state index contributed by atoms with van der Waals surface area (Å²) in [5, 5.41) is 49.8. The highest BCUT2D eigenvalue weighted by Crippen LogP contribution is 2.26. The van der Waals surface area contributed by atoms with Gasteiger partial charge in [-0.2, -0.15) is 0 Å². The number of hydrogen-bond acceptors (Lipinski definition) is 11. The van der Waals surface area contributed by atoms with Crippen LogP contribution in [0.1, 0.15) is 78.1 Å². The Balaban J connectivity index is 1.50. The molecule has 14 heteroatoms. The van der Waals surface area contributed by atoms with Crippen molar-refractivity contribution in [3.8, 4) is 0 Å². The van der Waals surface area contributed by atoms with Gasteiger partial charge in [-0.1, -0.05) is 58.3 Å². The molecule has 0 spiro atoms. The minimum atomic E-state index is -1.60. The second kappa shape index (κ2) is 16.5. The van der Waals surface area contributed by atoms with Crippen LogP contribution in [0.2, 0.25) is 0 Å². The third-order valence-corrected chi connectivity index (χ3v) is 7.34. The monoisotopic (exact) mass is 579 g/mol. The average Bonchev–Trinajstić information content (AvgIpc) is 3.45. The summed E-state index contributed by atoms with van der Waals surface area (Å²) >= 11 is 0. The lowest BCUT2D eigenvalue weighted by molar-refractivity contribution is -0.204. The Bertz CT molecular complexity index is 1090. The molecule has 0 bridgehead atoms. The van der Waals surface area contributed by atoms with Crippen molar-refractivity contribution in [1.82, 2.24) is 30.6 Å². The zero-order chi connectivity index (χ0) is 29.8. The highest BCUT2D eigenvalue weighted by molar-refractivity contribution is 5.87. The predicted octanol–water partition coefficient (Wildman–Crippen LogP) is 0.475. The van der Waals surface area contributed by atoms with E-state index in [2.05, 4.69) is 42.8 Å². The first-order chi connectivity index (χ1) is 19.8. The van der Waals surface area contributed by atoms with Gasteiger partial charge in [-0.05, 0) is 13.3 Å². The van der Waals surface area contributed by atoms with Gasteiger partial charge < -0.3 is 46.1 Å². The number of imidazole rings is 1. The van der Waals surface area contributed by atoms with Gasteiger partial charge in [0.1, 0.15) is 42.3 Å². The molecule has 2 aromatic rings. The van der Waals surface area contributed by atoms with Crippen LogP contribution in [0, 0.1) is 0 Å². The minimum absolute atomic E-state index is 0.229. The van der Waals surface area contributed by atoms with E-state index in [4.69, 9.17) is 4.74 Å². The summed E-state index contributed by atoms with van der Waals surface area (Å²) < 4.78 is 5.81. The second-order valence-corrected chi connectivity index (χ2v) is 10.6. The Morgan fingerprint density at radius 2 is 1.71 bits per heavy atom. The lowest BCUT2D eigenvalue weighted by Crippen LogP contribution is -2.68. The number of amides is 2. The predicted molar refractivity (Wildman–Crippen MR) is 150 cm³/mol. The quantitative estimate of drug-likeness (QED) is 0.121. The van der Waals surface area contributed by atoms with Gasteiger partial charge in [0, 0.05) is 6.42 Å². The molecule has 2 amide bonds. The lowest BCUT2D eigenvalue weighted by Gasteiger charge is -2.44. The highest BCUT2D eigenvalue weighted by atomic mass is 16.5. The first kappa shape index (κ1) is 32.6. The fraction of sp³-hybridized carbons (Fsp3) is 0.741. The maximum absolute atomic E-state index is 12.9. The first-order valence-corrected chi connectivity index (χ1v) is 14.6. The molecule has 0 radical (unpaired) electrons. The van der Waals surface area contributed by atoms with E-state index in [9.17, 15) is 30.0 Å². The molecule has 3 heterocycles. The SMILES string of the molecule is CCCCCCCCCCCC(=O)N[C@@H](C)C(=O)N[C@@H]1[C@@H](O)[C@@H](O)[C@@H](Nc2ncnc3nc[nH]c23)O[C@H]1[C@@H](O)CO. The number of anilines is 1. The number of H-pyrrole nitrogens is 1. The Morgan fingerprint density at radius 3 is 2.39 bits per heavy atom. The maximum Gasteiger partial charge on any atom is 0.242 e. The van der Waals surface area contributed by atoms with Gasteiger partial charge in [-0.3, -0.25) is 9.59 Å². The molecular weight excluding hydrogens is 534 g/mol. The van der Waals surface area contributed by atoms with E-state index >= 15 is 0 Å². The number of fused-ring (bicyclic) bond motifs is 1. The van der Waals surface area contributed by atoms with Gasteiger partial charge in [-0.15, -0.1) is 0 Å². The molecule has 2 aromatic heterocycles. The van der Waals surface area contributed by atoms with E-state index in [0.29, 0.717) is 17.6 Å². The largest absolute Gasteiger partial charge is 0.394 e. The van der Waals surface area contributed by atoms with Crippen LogP contribution in [-0.2, 0) is 14.3 Å². The smallest absolute Gasteiger partial charge is 0.242 e. The number of rotatable bonds is 17. The minimum Gasteiger partial charge on any atom is -0.394 e. The van der Waals surface area contributed by atoms with Gasteiger partial charge in [-0.25, -0.2) is 15.0 Å². The summed E-state index contributed by atoms with van der Waals surface area (Å²) in [4.78, 5) is 40.3. The van der Waals surface area contributed by atoms with E-state index in [1.807, 2.05) is 0 Å². The summed E-state index contributed by atoms with van der Waals surface area (Å²) in [5.41, 5.74) is 0.790. The van der Waals surface area contributed by atoms with Crippen molar-refractivity contribution < 1.29 is 34.8 Å². The molecule has 3 rings (SSSR count). The van der Waals surface area contributed by atoms with Crippen molar-refractivity contribution >= 4 is 28.8 Å². The summed E-state index contributed by atoms with van der Waals surface area (Å²) in [6.07, 6.45) is 5.90. The van der Waals surface area contributed by atoms with Gasteiger partial charge >= 0.3 is 0 Å². The van der Waals surface area contributed by atoms with Crippen LogP contribution in [0.3, 0.4) is 0 Å². The Morgan fingerprint density at radius 1 is 1.02 bits per heavy atom. The number of nitrogens with one attached hydrogen (secondary N) is 4. The summed E-state index contributed by atoms with van der Waals surface area (Å²) in [7, 11) is 0. The van der Waals surface area contributed by atoms with Crippen molar-refractivity contribution in [3.63, 3.8) is 0 Å². The molecule has 0 aromatic carbocycles. The lowest BCUT2D eigenvalue weighted by atomic mass is 9.91. The third-order valence-electron chi connectivity index (χ3n) is 7.34. The van der Waals surface area contributed by atoms with Crippen LogP contribution >= 0.6 is 0 Å². The van der Waals surface area contributed by atoms with Crippen LogP contribution in [0.15, 0.2) is 12.7 Å². The molecule has 230 valence electrons. The van der Waals surface area contributed by atoms with Crippen LogP contribution in [0.4, 0.5) is 5.82 Å². The zero-order valence-corrected chi connectivity index (χ0v) is 23.8. The molecule has 41 heavy (non-hydrogen) atoms. The van der Waals surface area contributed by atoms with Gasteiger partial charge in [0.15, 0.2) is 17.7 Å².